The summed E-state index contributed by atoms with van der Waals surface area (Å²) >= 11 is 0. The summed E-state index contributed by atoms with van der Waals surface area (Å²) in [7, 11) is 0. The molecule has 4 rings (SSSR count). The van der Waals surface area contributed by atoms with Crippen molar-refractivity contribution in [3.05, 3.63) is 11.6 Å². The summed E-state index contributed by atoms with van der Waals surface area (Å²) < 4.78 is 0. The molecule has 0 amide bonds. The highest BCUT2D eigenvalue weighted by atomic mass is 16.3. The molecule has 0 aromatic carbocycles. The van der Waals surface area contributed by atoms with E-state index in [0.717, 1.165) is 42.9 Å². The van der Waals surface area contributed by atoms with Crippen LogP contribution in [0.15, 0.2) is 11.6 Å². The summed E-state index contributed by atoms with van der Waals surface area (Å²) in [5.41, 5.74) is 2.48. The first-order chi connectivity index (χ1) is 13.3. The van der Waals surface area contributed by atoms with Gasteiger partial charge in [0.1, 0.15) is 0 Å². The molecular weight excluding hydrogens is 344 g/mol. The van der Waals surface area contributed by atoms with Crippen LogP contribution in [-0.4, -0.2) is 22.4 Å². The van der Waals surface area contributed by atoms with Crippen LogP contribution in [0.4, 0.5) is 0 Å². The molecule has 0 bridgehead atoms. The summed E-state index contributed by atoms with van der Waals surface area (Å²) in [6.07, 6.45) is 15.9. The Kier molecular flexibility index (Phi) is 5.77. The maximum atomic E-state index is 10.2. The van der Waals surface area contributed by atoms with Gasteiger partial charge in [0.15, 0.2) is 0 Å². The van der Waals surface area contributed by atoms with Gasteiger partial charge < -0.3 is 10.2 Å². The Morgan fingerprint density at radius 2 is 1.86 bits per heavy atom. The molecule has 0 aromatic rings. The lowest BCUT2D eigenvalue weighted by Gasteiger charge is -2.58. The van der Waals surface area contributed by atoms with Crippen LogP contribution in [0.1, 0.15) is 98.3 Å². The summed E-state index contributed by atoms with van der Waals surface area (Å²) in [4.78, 5) is 0. The van der Waals surface area contributed by atoms with Gasteiger partial charge in [0.2, 0.25) is 0 Å². The predicted molar refractivity (Wildman–Crippen MR) is 116 cm³/mol. The summed E-state index contributed by atoms with van der Waals surface area (Å²) in [5, 5.41) is 20.4. The minimum absolute atomic E-state index is 0.0956. The van der Waals surface area contributed by atoms with Gasteiger partial charge in [-0.25, -0.2) is 0 Å². The van der Waals surface area contributed by atoms with Crippen molar-refractivity contribution in [3.8, 4) is 0 Å². The van der Waals surface area contributed by atoms with E-state index in [-0.39, 0.29) is 12.2 Å². The van der Waals surface area contributed by atoms with E-state index in [1.165, 1.54) is 51.4 Å². The Balaban J connectivity index is 1.45. The van der Waals surface area contributed by atoms with Crippen LogP contribution in [0.25, 0.3) is 0 Å². The lowest BCUT2D eigenvalue weighted by Crippen LogP contribution is -2.50. The van der Waals surface area contributed by atoms with Gasteiger partial charge in [-0.15, -0.1) is 0 Å². The number of aliphatic hydroxyl groups excluding tert-OH is 2. The Labute approximate surface area is 173 Å². The molecule has 0 aliphatic heterocycles. The number of hydrogen-bond donors (Lipinski definition) is 2. The third-order valence-electron chi connectivity index (χ3n) is 10.1. The Hall–Kier alpha value is -0.340. The zero-order chi connectivity index (χ0) is 20.1. The topological polar surface area (TPSA) is 40.5 Å². The van der Waals surface area contributed by atoms with Crippen molar-refractivity contribution in [1.29, 1.82) is 0 Å². The lowest BCUT2D eigenvalue weighted by atomic mass is 9.47. The molecule has 0 spiro atoms. The first kappa shape index (κ1) is 20.9. The van der Waals surface area contributed by atoms with Crippen molar-refractivity contribution in [2.24, 2.45) is 40.4 Å². The summed E-state index contributed by atoms with van der Waals surface area (Å²) in [5.74, 6) is 3.87. The quantitative estimate of drug-likeness (QED) is 0.558. The molecule has 2 nitrogen and oxygen atoms in total. The molecule has 2 N–H and O–H groups in total. The minimum atomic E-state index is -0.121. The Morgan fingerprint density at radius 1 is 1.07 bits per heavy atom. The molecule has 160 valence electrons. The van der Waals surface area contributed by atoms with E-state index in [2.05, 4.69) is 33.8 Å². The standard InChI is InChI=1S/C26H44O2/c1-17(2)24(28)7-5-6-18-9-11-22-21-10-8-19-16-20(27)12-14-26(19,4)23(21)13-15-25(18,22)3/h8,17-18,20-24,27-28H,5-7,9-16H2,1-4H3/t18?,20?,21?,22?,23?,24-,25?,26?/m1/s1. The van der Waals surface area contributed by atoms with Crippen molar-refractivity contribution in [1.82, 2.24) is 0 Å². The Bertz CT molecular complexity index is 595. The summed E-state index contributed by atoms with van der Waals surface area (Å²) in [6.45, 7) is 9.42. The smallest absolute Gasteiger partial charge is 0.0577 e. The second-order valence-corrected chi connectivity index (χ2v) is 11.7. The number of fused-ring (bicyclic) bond motifs is 5. The molecule has 2 heteroatoms. The van der Waals surface area contributed by atoms with Gasteiger partial charge in [-0.1, -0.05) is 45.8 Å². The largest absolute Gasteiger partial charge is 0.393 e. The summed E-state index contributed by atoms with van der Waals surface area (Å²) in [6, 6.07) is 0. The van der Waals surface area contributed by atoms with E-state index in [4.69, 9.17) is 0 Å². The maximum Gasteiger partial charge on any atom is 0.0577 e. The first-order valence-electron chi connectivity index (χ1n) is 12.3. The van der Waals surface area contributed by atoms with Crippen molar-refractivity contribution >= 4 is 0 Å². The highest BCUT2D eigenvalue weighted by Gasteiger charge is 2.58. The fourth-order valence-electron chi connectivity index (χ4n) is 8.13. The van der Waals surface area contributed by atoms with Gasteiger partial charge in [0.05, 0.1) is 12.2 Å². The number of hydrogen-bond acceptors (Lipinski definition) is 2. The molecule has 28 heavy (non-hydrogen) atoms. The van der Waals surface area contributed by atoms with Crippen LogP contribution >= 0.6 is 0 Å². The van der Waals surface area contributed by atoms with Crippen molar-refractivity contribution < 1.29 is 10.2 Å². The minimum Gasteiger partial charge on any atom is -0.393 e. The average Bonchev–Trinajstić information content (AvgIpc) is 2.99. The maximum absolute atomic E-state index is 10.2. The molecule has 0 heterocycles. The zero-order valence-corrected chi connectivity index (χ0v) is 18.8. The fourth-order valence-corrected chi connectivity index (χ4v) is 8.13. The highest BCUT2D eigenvalue weighted by Crippen LogP contribution is 2.66. The number of rotatable bonds is 5. The van der Waals surface area contributed by atoms with Crippen molar-refractivity contribution in [2.75, 3.05) is 0 Å². The van der Waals surface area contributed by atoms with E-state index in [1.54, 1.807) is 5.57 Å². The molecule has 0 aromatic heterocycles. The van der Waals surface area contributed by atoms with Gasteiger partial charge in [0, 0.05) is 0 Å². The molecule has 3 saturated carbocycles. The number of aliphatic hydroxyl groups is 2. The van der Waals surface area contributed by atoms with Crippen LogP contribution in [0.5, 0.6) is 0 Å². The molecular formula is C26H44O2. The van der Waals surface area contributed by atoms with E-state index in [1.807, 2.05) is 0 Å². The highest BCUT2D eigenvalue weighted by molar-refractivity contribution is 5.25. The Morgan fingerprint density at radius 3 is 2.61 bits per heavy atom. The van der Waals surface area contributed by atoms with Gasteiger partial charge in [0.25, 0.3) is 0 Å². The van der Waals surface area contributed by atoms with Crippen LogP contribution in [0, 0.1) is 40.4 Å². The van der Waals surface area contributed by atoms with Gasteiger partial charge in [-0.3, -0.25) is 0 Å². The van der Waals surface area contributed by atoms with Gasteiger partial charge in [-0.2, -0.15) is 0 Å². The van der Waals surface area contributed by atoms with Crippen LogP contribution < -0.4 is 0 Å². The van der Waals surface area contributed by atoms with Gasteiger partial charge in [-0.05, 0) is 105 Å². The first-order valence-corrected chi connectivity index (χ1v) is 12.3. The average molecular weight is 389 g/mol. The predicted octanol–water partition coefficient (Wildman–Crippen LogP) is 6.11. The second-order valence-electron chi connectivity index (χ2n) is 11.7. The monoisotopic (exact) mass is 388 g/mol. The molecule has 8 atom stereocenters. The van der Waals surface area contributed by atoms with E-state index in [9.17, 15) is 10.2 Å². The van der Waals surface area contributed by atoms with E-state index >= 15 is 0 Å². The second kappa shape index (κ2) is 7.73. The van der Waals surface area contributed by atoms with Crippen LogP contribution in [-0.2, 0) is 0 Å². The van der Waals surface area contributed by atoms with Crippen molar-refractivity contribution in [3.63, 3.8) is 0 Å². The molecule has 3 fully saturated rings. The van der Waals surface area contributed by atoms with E-state index < -0.39 is 0 Å². The zero-order valence-electron chi connectivity index (χ0n) is 18.8. The van der Waals surface area contributed by atoms with E-state index in [0.29, 0.717) is 16.7 Å². The lowest BCUT2D eigenvalue weighted by molar-refractivity contribution is -0.0512. The molecule has 4 aliphatic carbocycles. The normalized spacial score (nSPS) is 46.5. The van der Waals surface area contributed by atoms with Crippen LogP contribution in [0.3, 0.4) is 0 Å². The molecule has 7 unspecified atom stereocenters. The third kappa shape index (κ3) is 3.41. The van der Waals surface area contributed by atoms with Crippen LogP contribution in [0.2, 0.25) is 0 Å². The molecule has 0 saturated heterocycles. The number of allylic oxidation sites excluding steroid dienone is 1. The van der Waals surface area contributed by atoms with Gasteiger partial charge >= 0.3 is 0 Å². The van der Waals surface area contributed by atoms with Crippen molar-refractivity contribution in [2.45, 2.75) is 111 Å². The third-order valence-corrected chi connectivity index (χ3v) is 10.1. The molecule has 4 aliphatic rings. The fraction of sp³-hybridized carbons (Fsp3) is 0.923. The molecule has 0 radical (unpaired) electrons. The SMILES string of the molecule is CC(C)[C@H](O)CCCC1CCC2C3CC=C4CC(O)CCC4(C)C3CCC12C.